The van der Waals surface area contributed by atoms with Gasteiger partial charge in [-0.2, -0.15) is 5.10 Å². The van der Waals surface area contributed by atoms with Gasteiger partial charge in [-0.3, -0.25) is 4.68 Å². The van der Waals surface area contributed by atoms with E-state index in [0.717, 1.165) is 25.9 Å². The molecule has 5 heteroatoms. The van der Waals surface area contributed by atoms with Crippen LogP contribution in [0.15, 0.2) is 6.20 Å². The second-order valence-electron chi connectivity index (χ2n) is 4.67. The van der Waals surface area contributed by atoms with E-state index in [1.165, 1.54) is 0 Å². The van der Waals surface area contributed by atoms with Crippen molar-refractivity contribution in [2.24, 2.45) is 13.0 Å². The fraction of sp³-hybridized carbons (Fsp3) is 0.750. The topological polar surface area (TPSA) is 47.3 Å². The van der Waals surface area contributed by atoms with Crippen molar-refractivity contribution in [3.63, 3.8) is 0 Å². The molecule has 96 valence electrons. The first-order valence-electron chi connectivity index (χ1n) is 6.08. The van der Waals surface area contributed by atoms with Crippen molar-refractivity contribution in [1.29, 1.82) is 0 Å². The SMILES string of the molecule is CCOC1CC(CC(O)c2c(Cl)cnn2C)C1. The first-order chi connectivity index (χ1) is 8.11. The molecule has 0 aromatic carbocycles. The van der Waals surface area contributed by atoms with Gasteiger partial charge in [0.05, 0.1) is 29.1 Å². The molecule has 1 unspecified atom stereocenters. The van der Waals surface area contributed by atoms with Crippen LogP contribution in [0.2, 0.25) is 5.02 Å². The molecular formula is C12H19ClN2O2. The van der Waals surface area contributed by atoms with Crippen molar-refractivity contribution in [3.8, 4) is 0 Å². The lowest BCUT2D eigenvalue weighted by molar-refractivity contribution is -0.0386. The van der Waals surface area contributed by atoms with Crippen LogP contribution in [0.5, 0.6) is 0 Å². The minimum absolute atomic E-state index is 0.388. The summed E-state index contributed by atoms with van der Waals surface area (Å²) in [5, 5.41) is 14.7. The number of rotatable bonds is 5. The van der Waals surface area contributed by atoms with E-state index in [1.807, 2.05) is 6.92 Å². The monoisotopic (exact) mass is 258 g/mol. The van der Waals surface area contributed by atoms with E-state index >= 15 is 0 Å². The van der Waals surface area contributed by atoms with E-state index in [2.05, 4.69) is 5.10 Å². The van der Waals surface area contributed by atoms with E-state index in [0.29, 0.717) is 22.7 Å². The number of ether oxygens (including phenoxy) is 1. The summed E-state index contributed by atoms with van der Waals surface area (Å²) in [6, 6.07) is 0. The van der Waals surface area contributed by atoms with Crippen LogP contribution in [0.1, 0.15) is 38.0 Å². The number of aryl methyl sites for hydroxylation is 1. The third kappa shape index (κ3) is 2.81. The van der Waals surface area contributed by atoms with Gasteiger partial charge < -0.3 is 9.84 Å². The fourth-order valence-corrected chi connectivity index (χ4v) is 2.75. The second kappa shape index (κ2) is 5.38. The molecule has 1 aliphatic rings. The van der Waals surface area contributed by atoms with Crippen LogP contribution < -0.4 is 0 Å². The Morgan fingerprint density at radius 3 is 2.88 bits per heavy atom. The van der Waals surface area contributed by atoms with Gasteiger partial charge in [-0.1, -0.05) is 11.6 Å². The summed E-state index contributed by atoms with van der Waals surface area (Å²) in [7, 11) is 1.80. The molecule has 17 heavy (non-hydrogen) atoms. The molecular weight excluding hydrogens is 240 g/mol. The molecule has 1 heterocycles. The Hall–Kier alpha value is -0.580. The molecule has 1 aliphatic carbocycles. The van der Waals surface area contributed by atoms with E-state index in [9.17, 15) is 5.11 Å². The Morgan fingerprint density at radius 1 is 1.65 bits per heavy atom. The molecule has 2 rings (SSSR count). The molecule has 0 radical (unpaired) electrons. The maximum absolute atomic E-state index is 10.1. The quantitative estimate of drug-likeness (QED) is 0.882. The normalized spacial score (nSPS) is 25.6. The van der Waals surface area contributed by atoms with Gasteiger partial charge in [0.2, 0.25) is 0 Å². The maximum atomic E-state index is 10.1. The molecule has 1 fully saturated rings. The molecule has 4 nitrogen and oxygen atoms in total. The van der Waals surface area contributed by atoms with Gasteiger partial charge in [-0.15, -0.1) is 0 Å². The van der Waals surface area contributed by atoms with E-state index in [4.69, 9.17) is 16.3 Å². The van der Waals surface area contributed by atoms with E-state index < -0.39 is 6.10 Å². The van der Waals surface area contributed by atoms with Crippen molar-refractivity contribution < 1.29 is 9.84 Å². The van der Waals surface area contributed by atoms with Gasteiger partial charge in [-0.25, -0.2) is 0 Å². The molecule has 0 amide bonds. The van der Waals surface area contributed by atoms with Crippen LogP contribution in [0.4, 0.5) is 0 Å². The highest BCUT2D eigenvalue weighted by atomic mass is 35.5. The predicted octanol–water partition coefficient (Wildman–Crippen LogP) is 2.31. The number of hydrogen-bond donors (Lipinski definition) is 1. The standard InChI is InChI=1S/C12H19ClN2O2/c1-3-17-9-4-8(5-9)6-11(16)12-10(13)7-14-15(12)2/h7-9,11,16H,3-6H2,1-2H3. The van der Waals surface area contributed by atoms with E-state index in [-0.39, 0.29) is 0 Å². The number of halogens is 1. The lowest BCUT2D eigenvalue weighted by Gasteiger charge is -2.36. The molecule has 1 atom stereocenters. The van der Waals surface area contributed by atoms with E-state index in [1.54, 1.807) is 17.9 Å². The Labute approximate surface area is 107 Å². The zero-order valence-electron chi connectivity index (χ0n) is 10.3. The average molecular weight is 259 g/mol. The number of aromatic nitrogens is 2. The van der Waals surface area contributed by atoms with Crippen molar-refractivity contribution in [2.75, 3.05) is 6.61 Å². The van der Waals surface area contributed by atoms with Gasteiger partial charge in [0.1, 0.15) is 0 Å². The molecule has 0 aliphatic heterocycles. The lowest BCUT2D eigenvalue weighted by atomic mass is 9.78. The van der Waals surface area contributed by atoms with Crippen molar-refractivity contribution >= 4 is 11.6 Å². The van der Waals surface area contributed by atoms with Crippen LogP contribution in [-0.2, 0) is 11.8 Å². The Bertz CT molecular complexity index is 355. The number of aliphatic hydroxyl groups is 1. The van der Waals surface area contributed by atoms with Gasteiger partial charge in [-0.05, 0) is 32.1 Å². The van der Waals surface area contributed by atoms with Gasteiger partial charge in [0.25, 0.3) is 0 Å². The molecule has 0 bridgehead atoms. The highest BCUT2D eigenvalue weighted by Crippen LogP contribution is 2.37. The van der Waals surface area contributed by atoms with Crippen molar-refractivity contribution in [3.05, 3.63) is 16.9 Å². The molecule has 1 aromatic rings. The van der Waals surface area contributed by atoms with Crippen LogP contribution >= 0.6 is 11.6 Å². The van der Waals surface area contributed by atoms with Crippen LogP contribution in [0.25, 0.3) is 0 Å². The average Bonchev–Trinajstić information content (AvgIpc) is 2.55. The zero-order chi connectivity index (χ0) is 12.4. The molecule has 0 saturated heterocycles. The highest BCUT2D eigenvalue weighted by Gasteiger charge is 2.32. The minimum Gasteiger partial charge on any atom is -0.387 e. The second-order valence-corrected chi connectivity index (χ2v) is 5.07. The van der Waals surface area contributed by atoms with Gasteiger partial charge >= 0.3 is 0 Å². The first-order valence-corrected chi connectivity index (χ1v) is 6.46. The largest absolute Gasteiger partial charge is 0.387 e. The molecule has 0 spiro atoms. The summed E-state index contributed by atoms with van der Waals surface area (Å²) in [5.74, 6) is 0.535. The summed E-state index contributed by atoms with van der Waals surface area (Å²) < 4.78 is 7.15. The first kappa shape index (κ1) is 12.9. The summed E-state index contributed by atoms with van der Waals surface area (Å²) in [6.07, 6.45) is 4.26. The Morgan fingerprint density at radius 2 is 2.35 bits per heavy atom. The van der Waals surface area contributed by atoms with Crippen molar-refractivity contribution in [1.82, 2.24) is 9.78 Å². The zero-order valence-corrected chi connectivity index (χ0v) is 11.0. The third-order valence-electron chi connectivity index (χ3n) is 3.40. The third-order valence-corrected chi connectivity index (χ3v) is 3.70. The minimum atomic E-state index is -0.525. The van der Waals surface area contributed by atoms with Gasteiger partial charge in [0.15, 0.2) is 0 Å². The summed E-state index contributed by atoms with van der Waals surface area (Å²) >= 11 is 5.99. The summed E-state index contributed by atoms with van der Waals surface area (Å²) in [4.78, 5) is 0. The Balaban J connectivity index is 1.85. The molecule has 1 aromatic heterocycles. The molecule has 1 N–H and O–H groups in total. The number of hydrogen-bond acceptors (Lipinski definition) is 3. The maximum Gasteiger partial charge on any atom is 0.0974 e. The fourth-order valence-electron chi connectivity index (χ4n) is 2.46. The van der Waals surface area contributed by atoms with Crippen LogP contribution in [-0.4, -0.2) is 27.6 Å². The molecule has 1 saturated carbocycles. The smallest absolute Gasteiger partial charge is 0.0974 e. The highest BCUT2D eigenvalue weighted by molar-refractivity contribution is 6.31. The predicted molar refractivity (Wildman–Crippen MR) is 65.9 cm³/mol. The summed E-state index contributed by atoms with van der Waals surface area (Å²) in [6.45, 7) is 2.78. The van der Waals surface area contributed by atoms with Crippen molar-refractivity contribution in [2.45, 2.75) is 38.4 Å². The van der Waals surface area contributed by atoms with Crippen LogP contribution in [0, 0.1) is 5.92 Å². The number of nitrogens with zero attached hydrogens (tertiary/aromatic N) is 2. The van der Waals surface area contributed by atoms with Crippen LogP contribution in [0.3, 0.4) is 0 Å². The van der Waals surface area contributed by atoms with Gasteiger partial charge in [0, 0.05) is 13.7 Å². The summed E-state index contributed by atoms with van der Waals surface area (Å²) in [5.41, 5.74) is 0.714. The number of aliphatic hydroxyl groups excluding tert-OH is 1. The lowest BCUT2D eigenvalue weighted by Crippen LogP contribution is -2.32. The Kier molecular flexibility index (Phi) is 4.07.